The fraction of sp³-hybridized carbons (Fsp3) is 0.818. The van der Waals surface area contributed by atoms with Gasteiger partial charge in [-0.3, -0.25) is 9.59 Å². The summed E-state index contributed by atoms with van der Waals surface area (Å²) in [5.41, 5.74) is 5.50. The number of hydrogen-bond acceptors (Lipinski definition) is 3. The Hall–Kier alpha value is -1.10. The van der Waals surface area contributed by atoms with E-state index in [0.717, 1.165) is 12.8 Å². The molecule has 4 N–H and O–H groups in total. The van der Waals surface area contributed by atoms with Crippen LogP contribution in [0.4, 0.5) is 0 Å². The van der Waals surface area contributed by atoms with Crippen LogP contribution in [0.1, 0.15) is 39.5 Å². The van der Waals surface area contributed by atoms with Crippen molar-refractivity contribution >= 4 is 11.9 Å². The Kier molecular flexibility index (Phi) is 7.54. The van der Waals surface area contributed by atoms with Gasteiger partial charge in [-0.2, -0.15) is 0 Å². The Morgan fingerprint density at radius 2 is 2.00 bits per heavy atom. The van der Waals surface area contributed by atoms with Crippen molar-refractivity contribution in [2.75, 3.05) is 6.54 Å². The molecule has 2 atom stereocenters. The Bertz CT molecular complexity index is 231. The van der Waals surface area contributed by atoms with E-state index in [9.17, 15) is 9.59 Å². The van der Waals surface area contributed by atoms with Crippen LogP contribution in [0.5, 0.6) is 0 Å². The van der Waals surface area contributed by atoms with E-state index in [0.29, 0.717) is 13.0 Å². The van der Waals surface area contributed by atoms with Crippen LogP contribution in [0.25, 0.3) is 0 Å². The number of carboxylic acid groups (broad SMARTS) is 1. The molecule has 0 aliphatic rings. The zero-order valence-electron chi connectivity index (χ0n) is 10.0. The summed E-state index contributed by atoms with van der Waals surface area (Å²) >= 11 is 0. The number of carboxylic acids is 1. The Morgan fingerprint density at radius 1 is 1.38 bits per heavy atom. The first-order valence-corrected chi connectivity index (χ1v) is 5.73. The zero-order valence-corrected chi connectivity index (χ0v) is 10.0. The van der Waals surface area contributed by atoms with Crippen LogP contribution in [0, 0.1) is 5.92 Å². The number of carbonyl (C=O) groups is 2. The van der Waals surface area contributed by atoms with Gasteiger partial charge in [0.05, 0.1) is 5.92 Å². The fourth-order valence-corrected chi connectivity index (χ4v) is 1.48. The lowest BCUT2D eigenvalue weighted by Gasteiger charge is -2.18. The summed E-state index contributed by atoms with van der Waals surface area (Å²) in [4.78, 5) is 22.0. The van der Waals surface area contributed by atoms with Crippen LogP contribution >= 0.6 is 0 Å². The minimum Gasteiger partial charge on any atom is -0.481 e. The third-order valence-corrected chi connectivity index (χ3v) is 2.47. The lowest BCUT2D eigenvalue weighted by Crippen LogP contribution is -2.40. The predicted molar refractivity (Wildman–Crippen MR) is 61.9 cm³/mol. The first kappa shape index (κ1) is 14.9. The highest BCUT2D eigenvalue weighted by atomic mass is 16.4. The fourth-order valence-electron chi connectivity index (χ4n) is 1.48. The van der Waals surface area contributed by atoms with Gasteiger partial charge in [0, 0.05) is 19.0 Å². The molecule has 0 radical (unpaired) electrons. The number of hydrogen-bond donors (Lipinski definition) is 3. The first-order chi connectivity index (χ1) is 7.51. The molecule has 0 aliphatic heterocycles. The largest absolute Gasteiger partial charge is 0.481 e. The molecule has 0 fully saturated rings. The average molecular weight is 230 g/mol. The monoisotopic (exact) mass is 230 g/mol. The number of carbonyl (C=O) groups excluding carboxylic acids is 1. The third-order valence-electron chi connectivity index (χ3n) is 2.47. The molecule has 0 aromatic heterocycles. The normalized spacial score (nSPS) is 14.2. The molecule has 16 heavy (non-hydrogen) atoms. The number of aliphatic carboxylic acids is 1. The molecule has 0 aliphatic carbocycles. The molecule has 0 heterocycles. The SMILES string of the molecule is CCCC(CN)C(=O)NC(C)CCC(=O)O. The van der Waals surface area contributed by atoms with E-state index in [-0.39, 0.29) is 24.3 Å². The highest BCUT2D eigenvalue weighted by molar-refractivity contribution is 5.79. The van der Waals surface area contributed by atoms with E-state index in [1.807, 2.05) is 6.92 Å². The van der Waals surface area contributed by atoms with Crippen LogP contribution in [-0.4, -0.2) is 29.6 Å². The van der Waals surface area contributed by atoms with Crippen molar-refractivity contribution in [3.63, 3.8) is 0 Å². The summed E-state index contributed by atoms with van der Waals surface area (Å²) in [6.07, 6.45) is 2.21. The van der Waals surface area contributed by atoms with Gasteiger partial charge in [0.15, 0.2) is 0 Å². The maximum atomic E-state index is 11.7. The second kappa shape index (κ2) is 8.10. The van der Waals surface area contributed by atoms with Gasteiger partial charge in [0.25, 0.3) is 0 Å². The number of amides is 1. The van der Waals surface area contributed by atoms with Gasteiger partial charge in [-0.15, -0.1) is 0 Å². The molecule has 0 aromatic rings. The summed E-state index contributed by atoms with van der Waals surface area (Å²) in [6.45, 7) is 4.15. The first-order valence-electron chi connectivity index (χ1n) is 5.73. The van der Waals surface area contributed by atoms with Crippen LogP contribution in [0.3, 0.4) is 0 Å². The molecule has 0 aromatic carbocycles. The van der Waals surface area contributed by atoms with E-state index in [2.05, 4.69) is 5.32 Å². The minimum absolute atomic E-state index is 0.0674. The summed E-state index contributed by atoms with van der Waals surface area (Å²) in [5.74, 6) is -1.07. The summed E-state index contributed by atoms with van der Waals surface area (Å²) in [7, 11) is 0. The van der Waals surface area contributed by atoms with E-state index < -0.39 is 5.97 Å². The Balaban J connectivity index is 3.96. The van der Waals surface area contributed by atoms with Gasteiger partial charge in [-0.25, -0.2) is 0 Å². The van der Waals surface area contributed by atoms with Crippen LogP contribution in [-0.2, 0) is 9.59 Å². The van der Waals surface area contributed by atoms with Gasteiger partial charge in [-0.1, -0.05) is 13.3 Å². The molecular weight excluding hydrogens is 208 g/mol. The summed E-state index contributed by atoms with van der Waals surface area (Å²) in [5, 5.41) is 11.3. The predicted octanol–water partition coefficient (Wildman–Crippen LogP) is 0.731. The molecule has 0 saturated heterocycles. The molecule has 2 unspecified atom stereocenters. The molecule has 0 saturated carbocycles. The standard InChI is InChI=1S/C11H22N2O3/c1-3-4-9(7-12)11(16)13-8(2)5-6-10(14)15/h8-9H,3-7,12H2,1-2H3,(H,13,16)(H,14,15). The van der Waals surface area contributed by atoms with Gasteiger partial charge in [-0.05, 0) is 19.8 Å². The van der Waals surface area contributed by atoms with Crippen molar-refractivity contribution in [2.24, 2.45) is 11.7 Å². The molecule has 0 bridgehead atoms. The lowest BCUT2D eigenvalue weighted by atomic mass is 10.0. The van der Waals surface area contributed by atoms with Crippen molar-refractivity contribution < 1.29 is 14.7 Å². The smallest absolute Gasteiger partial charge is 0.303 e. The van der Waals surface area contributed by atoms with Crippen molar-refractivity contribution in [2.45, 2.75) is 45.6 Å². The highest BCUT2D eigenvalue weighted by Crippen LogP contribution is 2.06. The second-order valence-electron chi connectivity index (χ2n) is 4.06. The van der Waals surface area contributed by atoms with Crippen molar-refractivity contribution in [1.29, 1.82) is 0 Å². The van der Waals surface area contributed by atoms with E-state index in [1.54, 1.807) is 6.92 Å². The summed E-state index contributed by atoms with van der Waals surface area (Å²) in [6, 6.07) is -0.116. The van der Waals surface area contributed by atoms with Crippen LogP contribution in [0.2, 0.25) is 0 Å². The molecule has 0 spiro atoms. The van der Waals surface area contributed by atoms with Crippen LogP contribution in [0.15, 0.2) is 0 Å². The number of nitrogens with one attached hydrogen (secondary N) is 1. The number of nitrogens with two attached hydrogens (primary N) is 1. The highest BCUT2D eigenvalue weighted by Gasteiger charge is 2.17. The van der Waals surface area contributed by atoms with E-state index in [1.165, 1.54) is 0 Å². The van der Waals surface area contributed by atoms with Gasteiger partial charge < -0.3 is 16.2 Å². The van der Waals surface area contributed by atoms with Crippen molar-refractivity contribution in [3.8, 4) is 0 Å². The second-order valence-corrected chi connectivity index (χ2v) is 4.06. The zero-order chi connectivity index (χ0) is 12.6. The van der Waals surface area contributed by atoms with Gasteiger partial charge in [0.2, 0.25) is 5.91 Å². The maximum Gasteiger partial charge on any atom is 0.303 e. The molecular formula is C11H22N2O3. The van der Waals surface area contributed by atoms with Gasteiger partial charge >= 0.3 is 5.97 Å². The van der Waals surface area contributed by atoms with E-state index in [4.69, 9.17) is 10.8 Å². The summed E-state index contributed by atoms with van der Waals surface area (Å²) < 4.78 is 0. The molecule has 5 nitrogen and oxygen atoms in total. The Labute approximate surface area is 96.4 Å². The topological polar surface area (TPSA) is 92.4 Å². The third kappa shape index (κ3) is 6.40. The molecule has 94 valence electrons. The van der Waals surface area contributed by atoms with Crippen molar-refractivity contribution in [1.82, 2.24) is 5.32 Å². The minimum atomic E-state index is -0.843. The van der Waals surface area contributed by atoms with Crippen LogP contribution < -0.4 is 11.1 Å². The van der Waals surface area contributed by atoms with E-state index >= 15 is 0 Å². The van der Waals surface area contributed by atoms with Crippen molar-refractivity contribution in [3.05, 3.63) is 0 Å². The maximum absolute atomic E-state index is 11.7. The van der Waals surface area contributed by atoms with Gasteiger partial charge in [0.1, 0.15) is 0 Å². The molecule has 0 rings (SSSR count). The lowest BCUT2D eigenvalue weighted by molar-refractivity contribution is -0.137. The Morgan fingerprint density at radius 3 is 2.44 bits per heavy atom. The molecule has 5 heteroatoms. The quantitative estimate of drug-likeness (QED) is 0.573. The number of rotatable bonds is 8. The molecule has 1 amide bonds. The average Bonchev–Trinajstić information content (AvgIpc) is 2.22.